The second kappa shape index (κ2) is 5.49. The lowest BCUT2D eigenvalue weighted by Crippen LogP contribution is -2.32. The lowest BCUT2D eigenvalue weighted by molar-refractivity contribution is -0.119. The van der Waals surface area contributed by atoms with Gasteiger partial charge in [0.05, 0.1) is 6.61 Å². The topological polar surface area (TPSA) is 26.3 Å². The Labute approximate surface area is 76.4 Å². The van der Waals surface area contributed by atoms with Gasteiger partial charge in [0.1, 0.15) is 0 Å². The highest BCUT2D eigenvalue weighted by atomic mass is 28.4. The van der Waals surface area contributed by atoms with E-state index >= 15 is 0 Å². The van der Waals surface area contributed by atoms with Crippen LogP contribution < -0.4 is 0 Å². The van der Waals surface area contributed by atoms with Crippen molar-refractivity contribution >= 4 is 14.1 Å². The molecule has 0 saturated carbocycles. The van der Waals surface area contributed by atoms with E-state index in [1.807, 2.05) is 0 Å². The minimum Gasteiger partial charge on any atom is -0.410 e. The summed E-state index contributed by atoms with van der Waals surface area (Å²) in [5, 5.41) is 0. The molecule has 0 aromatic rings. The normalized spacial score (nSPS) is 11.7. The molecule has 0 saturated heterocycles. The molecule has 0 fully saturated rings. The van der Waals surface area contributed by atoms with Gasteiger partial charge in [-0.15, -0.1) is 0 Å². The van der Waals surface area contributed by atoms with Crippen molar-refractivity contribution in [2.45, 2.75) is 45.8 Å². The molecule has 0 aromatic carbocycles. The Morgan fingerprint density at radius 3 is 2.42 bits per heavy atom. The molecule has 0 rings (SSSR count). The number of hydrogen-bond donors (Lipinski definition) is 0. The van der Waals surface area contributed by atoms with Crippen LogP contribution in [-0.4, -0.2) is 20.7 Å². The van der Waals surface area contributed by atoms with Crippen molar-refractivity contribution < 1.29 is 9.22 Å². The molecule has 72 valence electrons. The van der Waals surface area contributed by atoms with Gasteiger partial charge in [0.25, 0.3) is 0 Å². The molecule has 0 radical (unpaired) electrons. The average molecular weight is 188 g/mol. The minimum atomic E-state index is -1.51. The third kappa shape index (κ3) is 6.55. The van der Waals surface area contributed by atoms with E-state index < -0.39 is 8.32 Å². The Morgan fingerprint density at radius 2 is 2.00 bits per heavy atom. The lowest BCUT2D eigenvalue weighted by Gasteiger charge is -2.21. The fourth-order valence-electron chi connectivity index (χ4n) is 0.972. The van der Waals surface area contributed by atoms with Crippen LogP contribution in [0, 0.1) is 0 Å². The van der Waals surface area contributed by atoms with E-state index in [0.717, 1.165) is 6.04 Å². The van der Waals surface area contributed by atoms with Crippen molar-refractivity contribution in [1.82, 2.24) is 0 Å². The first-order chi connectivity index (χ1) is 5.48. The van der Waals surface area contributed by atoms with Crippen molar-refractivity contribution in [3.8, 4) is 0 Å². The predicted octanol–water partition coefficient (Wildman–Crippen LogP) is 2.60. The Morgan fingerprint density at radius 1 is 1.42 bits per heavy atom. The average Bonchev–Trinajstić information content (AvgIpc) is 1.98. The molecule has 12 heavy (non-hydrogen) atoms. The van der Waals surface area contributed by atoms with E-state index in [-0.39, 0.29) is 5.78 Å². The van der Waals surface area contributed by atoms with E-state index in [1.54, 1.807) is 6.92 Å². The summed E-state index contributed by atoms with van der Waals surface area (Å²) in [6.45, 7) is 8.40. The van der Waals surface area contributed by atoms with Gasteiger partial charge in [-0.05, 0) is 26.1 Å². The minimum absolute atomic E-state index is 0.132. The summed E-state index contributed by atoms with van der Waals surface area (Å²) in [4.78, 5) is 10.7. The first-order valence-corrected chi connectivity index (χ1v) is 7.73. The van der Waals surface area contributed by atoms with Gasteiger partial charge in [-0.3, -0.25) is 4.79 Å². The molecule has 0 aliphatic carbocycles. The SMILES string of the molecule is CCCC[Si](C)(C)OCC(C)=O. The van der Waals surface area contributed by atoms with Crippen molar-refractivity contribution in [2.75, 3.05) is 6.61 Å². The van der Waals surface area contributed by atoms with Gasteiger partial charge in [0, 0.05) is 0 Å². The van der Waals surface area contributed by atoms with Crippen LogP contribution in [0.2, 0.25) is 19.1 Å². The maximum absolute atomic E-state index is 10.7. The van der Waals surface area contributed by atoms with Gasteiger partial charge in [0.15, 0.2) is 14.1 Å². The fourth-order valence-corrected chi connectivity index (χ4v) is 2.92. The maximum atomic E-state index is 10.7. The van der Waals surface area contributed by atoms with Gasteiger partial charge in [0.2, 0.25) is 0 Å². The van der Waals surface area contributed by atoms with Crippen LogP contribution in [0.25, 0.3) is 0 Å². The summed E-state index contributed by atoms with van der Waals surface area (Å²) in [5.74, 6) is 0.132. The monoisotopic (exact) mass is 188 g/mol. The zero-order chi connectivity index (χ0) is 9.61. The van der Waals surface area contributed by atoms with Crippen molar-refractivity contribution in [1.29, 1.82) is 0 Å². The highest BCUT2D eigenvalue weighted by Gasteiger charge is 2.21. The van der Waals surface area contributed by atoms with Crippen LogP contribution >= 0.6 is 0 Å². The molecule has 0 aliphatic rings. The summed E-state index contributed by atoms with van der Waals surface area (Å²) >= 11 is 0. The van der Waals surface area contributed by atoms with Gasteiger partial charge in [-0.25, -0.2) is 0 Å². The quantitative estimate of drug-likeness (QED) is 0.599. The van der Waals surface area contributed by atoms with Crippen LogP contribution in [0.1, 0.15) is 26.7 Å². The molecule has 0 unspecified atom stereocenters. The molecule has 2 nitrogen and oxygen atoms in total. The van der Waals surface area contributed by atoms with E-state index in [9.17, 15) is 4.79 Å². The van der Waals surface area contributed by atoms with Gasteiger partial charge < -0.3 is 4.43 Å². The number of Topliss-reactive ketones (excluding diaryl/α,β-unsaturated/α-hetero) is 1. The predicted molar refractivity (Wildman–Crippen MR) is 53.8 cm³/mol. The first kappa shape index (κ1) is 11.8. The molecule has 0 N–H and O–H groups in total. The Kier molecular flexibility index (Phi) is 5.42. The number of carbonyl (C=O) groups is 1. The highest BCUT2D eigenvalue weighted by molar-refractivity contribution is 6.71. The Hall–Kier alpha value is -0.153. The molecular weight excluding hydrogens is 168 g/mol. The van der Waals surface area contributed by atoms with E-state index in [2.05, 4.69) is 20.0 Å². The van der Waals surface area contributed by atoms with Crippen LogP contribution in [0.4, 0.5) is 0 Å². The molecule has 0 aromatic heterocycles. The zero-order valence-electron chi connectivity index (χ0n) is 8.64. The lowest BCUT2D eigenvalue weighted by atomic mass is 10.4. The van der Waals surface area contributed by atoms with Crippen LogP contribution in [0.5, 0.6) is 0 Å². The Bertz CT molecular complexity index is 143. The van der Waals surface area contributed by atoms with Crippen LogP contribution in [-0.2, 0) is 9.22 Å². The second-order valence-electron chi connectivity index (χ2n) is 3.85. The third-order valence-electron chi connectivity index (χ3n) is 1.80. The number of rotatable bonds is 6. The molecule has 3 heteroatoms. The number of hydrogen-bond acceptors (Lipinski definition) is 2. The number of ketones is 1. The second-order valence-corrected chi connectivity index (χ2v) is 8.16. The number of carbonyl (C=O) groups excluding carboxylic acids is 1. The molecular formula is C9H20O2Si. The van der Waals surface area contributed by atoms with E-state index in [4.69, 9.17) is 4.43 Å². The summed E-state index contributed by atoms with van der Waals surface area (Å²) in [5.41, 5.74) is 0. The smallest absolute Gasteiger partial charge is 0.187 e. The van der Waals surface area contributed by atoms with Crippen molar-refractivity contribution in [3.63, 3.8) is 0 Å². The first-order valence-electron chi connectivity index (χ1n) is 4.61. The molecule has 0 bridgehead atoms. The van der Waals surface area contributed by atoms with E-state index in [0.29, 0.717) is 6.61 Å². The van der Waals surface area contributed by atoms with Gasteiger partial charge >= 0.3 is 0 Å². The van der Waals surface area contributed by atoms with Gasteiger partial charge in [-0.1, -0.05) is 19.8 Å². The summed E-state index contributed by atoms with van der Waals surface area (Å²) in [6.07, 6.45) is 2.43. The standard InChI is InChI=1S/C9H20O2Si/c1-5-6-7-12(3,4)11-8-9(2)10/h5-8H2,1-4H3. The van der Waals surface area contributed by atoms with Gasteiger partial charge in [-0.2, -0.15) is 0 Å². The molecule has 0 spiro atoms. The van der Waals surface area contributed by atoms with Crippen LogP contribution in [0.3, 0.4) is 0 Å². The summed E-state index contributed by atoms with van der Waals surface area (Å²) < 4.78 is 5.58. The molecule has 0 aliphatic heterocycles. The molecule has 0 amide bonds. The fraction of sp³-hybridized carbons (Fsp3) is 0.889. The Balaban J connectivity index is 3.63. The van der Waals surface area contributed by atoms with Crippen molar-refractivity contribution in [2.24, 2.45) is 0 Å². The molecule has 0 heterocycles. The summed E-state index contributed by atoms with van der Waals surface area (Å²) in [6, 6.07) is 1.16. The third-order valence-corrected chi connectivity index (χ3v) is 4.28. The highest BCUT2D eigenvalue weighted by Crippen LogP contribution is 2.14. The summed E-state index contributed by atoms with van der Waals surface area (Å²) in [7, 11) is -1.51. The van der Waals surface area contributed by atoms with E-state index in [1.165, 1.54) is 12.8 Å². The largest absolute Gasteiger partial charge is 0.410 e. The number of unbranched alkanes of at least 4 members (excludes halogenated alkanes) is 1. The zero-order valence-corrected chi connectivity index (χ0v) is 9.64. The maximum Gasteiger partial charge on any atom is 0.187 e. The van der Waals surface area contributed by atoms with Crippen molar-refractivity contribution in [3.05, 3.63) is 0 Å². The van der Waals surface area contributed by atoms with Crippen LogP contribution in [0.15, 0.2) is 0 Å². The molecule has 0 atom stereocenters.